The number of ether oxygens (including phenoxy) is 1. The highest BCUT2D eigenvalue weighted by Gasteiger charge is 2.20. The molecular formula is C18H20Cl2O. The maximum atomic E-state index is 6.15. The van der Waals surface area contributed by atoms with Crippen molar-refractivity contribution in [3.63, 3.8) is 0 Å². The fraction of sp³-hybridized carbons (Fsp3) is 0.333. The van der Waals surface area contributed by atoms with Crippen molar-refractivity contribution in [1.82, 2.24) is 0 Å². The molecule has 2 aromatic rings. The van der Waals surface area contributed by atoms with Gasteiger partial charge < -0.3 is 4.74 Å². The first-order chi connectivity index (χ1) is 9.81. The predicted octanol–water partition coefficient (Wildman–Crippen LogP) is 6.48. The Bertz CT molecular complexity index is 642. The quantitative estimate of drug-likeness (QED) is 0.588. The van der Waals surface area contributed by atoms with Crippen LogP contribution in [0.2, 0.25) is 5.02 Å². The molecule has 0 radical (unpaired) electrons. The van der Waals surface area contributed by atoms with Crippen molar-refractivity contribution in [2.24, 2.45) is 0 Å². The molecular weight excluding hydrogens is 303 g/mol. The van der Waals surface area contributed by atoms with Gasteiger partial charge in [-0.1, -0.05) is 44.5 Å². The van der Waals surface area contributed by atoms with E-state index in [1.54, 1.807) is 0 Å². The van der Waals surface area contributed by atoms with Crippen LogP contribution in [0.1, 0.15) is 37.5 Å². The number of alkyl halides is 1. The standard InChI is InChI=1S/C18H20Cl2O/c1-12-5-7-15(18(2,3)4)17(9-12)21-16-8-6-14(20)10-13(16)11-19/h5-10H,11H2,1-4H3. The minimum Gasteiger partial charge on any atom is -0.457 e. The van der Waals surface area contributed by atoms with Crippen LogP contribution in [-0.2, 0) is 11.3 Å². The molecule has 0 atom stereocenters. The zero-order chi connectivity index (χ0) is 15.6. The van der Waals surface area contributed by atoms with E-state index >= 15 is 0 Å². The first-order valence-corrected chi connectivity index (χ1v) is 7.86. The Morgan fingerprint density at radius 1 is 1.00 bits per heavy atom. The summed E-state index contributed by atoms with van der Waals surface area (Å²) >= 11 is 12.0. The van der Waals surface area contributed by atoms with Gasteiger partial charge in [0.05, 0.1) is 5.88 Å². The fourth-order valence-electron chi connectivity index (χ4n) is 2.20. The lowest BCUT2D eigenvalue weighted by Gasteiger charge is -2.23. The lowest BCUT2D eigenvalue weighted by molar-refractivity contribution is 0.451. The smallest absolute Gasteiger partial charge is 0.131 e. The van der Waals surface area contributed by atoms with Crippen LogP contribution in [-0.4, -0.2) is 0 Å². The van der Waals surface area contributed by atoms with Gasteiger partial charge in [0.15, 0.2) is 0 Å². The molecule has 3 heteroatoms. The largest absolute Gasteiger partial charge is 0.457 e. The minimum absolute atomic E-state index is 0.0105. The van der Waals surface area contributed by atoms with E-state index in [4.69, 9.17) is 27.9 Å². The van der Waals surface area contributed by atoms with Gasteiger partial charge in [-0.05, 0) is 42.2 Å². The Kier molecular flexibility index (Phi) is 4.85. The van der Waals surface area contributed by atoms with E-state index < -0.39 is 0 Å². The molecule has 2 rings (SSSR count). The Labute approximate surface area is 136 Å². The van der Waals surface area contributed by atoms with Gasteiger partial charge in [0, 0.05) is 16.1 Å². The minimum atomic E-state index is 0.0105. The van der Waals surface area contributed by atoms with Crippen LogP contribution in [0.4, 0.5) is 0 Å². The monoisotopic (exact) mass is 322 g/mol. The number of hydrogen-bond donors (Lipinski definition) is 0. The van der Waals surface area contributed by atoms with Crippen molar-refractivity contribution in [1.29, 1.82) is 0 Å². The number of aryl methyl sites for hydroxylation is 1. The third-order valence-corrected chi connectivity index (χ3v) is 3.85. The molecule has 2 aromatic carbocycles. The highest BCUT2D eigenvalue weighted by atomic mass is 35.5. The van der Waals surface area contributed by atoms with E-state index in [2.05, 4.69) is 45.9 Å². The average Bonchev–Trinajstić information content (AvgIpc) is 2.39. The fourth-order valence-corrected chi connectivity index (χ4v) is 2.61. The van der Waals surface area contributed by atoms with Gasteiger partial charge in [-0.2, -0.15) is 0 Å². The summed E-state index contributed by atoms with van der Waals surface area (Å²) in [7, 11) is 0. The SMILES string of the molecule is Cc1ccc(C(C)(C)C)c(Oc2ccc(Cl)cc2CCl)c1. The molecule has 21 heavy (non-hydrogen) atoms. The number of benzene rings is 2. The third-order valence-electron chi connectivity index (χ3n) is 3.33. The van der Waals surface area contributed by atoms with Crippen molar-refractivity contribution < 1.29 is 4.74 Å². The van der Waals surface area contributed by atoms with Crippen molar-refractivity contribution in [2.75, 3.05) is 0 Å². The molecule has 0 unspecified atom stereocenters. The predicted molar refractivity (Wildman–Crippen MR) is 91.0 cm³/mol. The zero-order valence-corrected chi connectivity index (χ0v) is 14.3. The average molecular weight is 323 g/mol. The van der Waals surface area contributed by atoms with Crippen LogP contribution >= 0.6 is 23.2 Å². The highest BCUT2D eigenvalue weighted by molar-refractivity contribution is 6.30. The van der Waals surface area contributed by atoms with Crippen LogP contribution in [0.5, 0.6) is 11.5 Å². The number of rotatable bonds is 3. The maximum Gasteiger partial charge on any atom is 0.131 e. The van der Waals surface area contributed by atoms with Gasteiger partial charge in [0.1, 0.15) is 11.5 Å². The maximum absolute atomic E-state index is 6.15. The summed E-state index contributed by atoms with van der Waals surface area (Å²) in [4.78, 5) is 0. The number of hydrogen-bond acceptors (Lipinski definition) is 1. The van der Waals surface area contributed by atoms with Crippen LogP contribution in [0.3, 0.4) is 0 Å². The second-order valence-electron chi connectivity index (χ2n) is 6.24. The van der Waals surface area contributed by atoms with Gasteiger partial charge in [-0.3, -0.25) is 0 Å². The molecule has 0 spiro atoms. The molecule has 0 saturated carbocycles. The van der Waals surface area contributed by atoms with Gasteiger partial charge >= 0.3 is 0 Å². The Morgan fingerprint density at radius 3 is 2.33 bits per heavy atom. The van der Waals surface area contributed by atoms with Crippen LogP contribution < -0.4 is 4.74 Å². The van der Waals surface area contributed by atoms with Crippen LogP contribution in [0.25, 0.3) is 0 Å². The normalized spacial score (nSPS) is 11.5. The van der Waals surface area contributed by atoms with Gasteiger partial charge in [-0.25, -0.2) is 0 Å². The molecule has 1 nitrogen and oxygen atoms in total. The molecule has 0 aliphatic carbocycles. The summed E-state index contributed by atoms with van der Waals surface area (Å²) in [5, 5.41) is 0.665. The molecule has 112 valence electrons. The second-order valence-corrected chi connectivity index (χ2v) is 6.94. The van der Waals surface area contributed by atoms with Crippen molar-refractivity contribution >= 4 is 23.2 Å². The molecule has 0 N–H and O–H groups in total. The molecule has 0 heterocycles. The Balaban J connectivity index is 2.46. The lowest BCUT2D eigenvalue weighted by atomic mass is 9.86. The molecule has 0 bridgehead atoms. The summed E-state index contributed by atoms with van der Waals surface area (Å²) in [6.07, 6.45) is 0. The first kappa shape index (κ1) is 16.2. The van der Waals surface area contributed by atoms with E-state index in [1.165, 1.54) is 11.1 Å². The summed E-state index contributed by atoms with van der Waals surface area (Å²) in [6.45, 7) is 8.59. The molecule has 0 aliphatic heterocycles. The molecule has 0 amide bonds. The highest BCUT2D eigenvalue weighted by Crippen LogP contribution is 2.36. The Morgan fingerprint density at radius 2 is 1.71 bits per heavy atom. The van der Waals surface area contributed by atoms with E-state index in [9.17, 15) is 0 Å². The van der Waals surface area contributed by atoms with E-state index in [0.29, 0.717) is 10.9 Å². The van der Waals surface area contributed by atoms with Crippen molar-refractivity contribution in [2.45, 2.75) is 39.0 Å². The van der Waals surface area contributed by atoms with Gasteiger partial charge in [0.25, 0.3) is 0 Å². The Hall–Kier alpha value is -1.18. The molecule has 0 fully saturated rings. The molecule has 0 aromatic heterocycles. The topological polar surface area (TPSA) is 9.23 Å². The summed E-state index contributed by atoms with van der Waals surface area (Å²) in [6, 6.07) is 11.8. The summed E-state index contributed by atoms with van der Waals surface area (Å²) in [5.41, 5.74) is 3.24. The van der Waals surface area contributed by atoms with Crippen molar-refractivity contribution in [3.8, 4) is 11.5 Å². The van der Waals surface area contributed by atoms with E-state index in [1.807, 2.05) is 18.2 Å². The molecule has 0 aliphatic rings. The van der Waals surface area contributed by atoms with E-state index in [0.717, 1.165) is 17.1 Å². The van der Waals surface area contributed by atoms with Crippen LogP contribution in [0.15, 0.2) is 36.4 Å². The number of halogens is 2. The van der Waals surface area contributed by atoms with Crippen molar-refractivity contribution in [3.05, 3.63) is 58.1 Å². The summed E-state index contributed by atoms with van der Waals surface area (Å²) < 4.78 is 6.15. The van der Waals surface area contributed by atoms with Gasteiger partial charge in [-0.15, -0.1) is 11.6 Å². The lowest BCUT2D eigenvalue weighted by Crippen LogP contribution is -2.12. The zero-order valence-electron chi connectivity index (χ0n) is 12.8. The first-order valence-electron chi connectivity index (χ1n) is 6.94. The summed E-state index contributed by atoms with van der Waals surface area (Å²) in [5.74, 6) is 1.99. The molecule has 0 saturated heterocycles. The van der Waals surface area contributed by atoms with E-state index in [-0.39, 0.29) is 5.41 Å². The van der Waals surface area contributed by atoms with Crippen LogP contribution in [0, 0.1) is 6.92 Å². The third kappa shape index (κ3) is 3.93. The van der Waals surface area contributed by atoms with Gasteiger partial charge in [0.2, 0.25) is 0 Å². The second kappa shape index (κ2) is 6.29.